The van der Waals surface area contributed by atoms with Crippen LogP contribution in [-0.2, 0) is 23.9 Å². The minimum absolute atomic E-state index is 0.0382. The Hall–Kier alpha value is -2.77. The number of ether oxygens (including phenoxy) is 2. The number of carbonyl (C=O) groups excluding carboxylic acids is 3. The van der Waals surface area contributed by atoms with Gasteiger partial charge in [-0.05, 0) is 30.9 Å². The highest BCUT2D eigenvalue weighted by atomic mass is 16.6. The molecule has 212 valence electrons. The molecule has 2 fully saturated rings. The molecular formula is C32H42O7. The van der Waals surface area contributed by atoms with Crippen LogP contribution in [0.4, 0.5) is 0 Å². The molecule has 39 heavy (non-hydrogen) atoms. The fraction of sp³-hybridized carbons (Fsp3) is 0.594. The second-order valence-corrected chi connectivity index (χ2v) is 12.1. The van der Waals surface area contributed by atoms with Crippen molar-refractivity contribution in [1.82, 2.24) is 0 Å². The van der Waals surface area contributed by atoms with Crippen LogP contribution in [0.3, 0.4) is 0 Å². The van der Waals surface area contributed by atoms with Crippen molar-refractivity contribution in [2.75, 3.05) is 6.61 Å². The quantitative estimate of drug-likeness (QED) is 0.204. The summed E-state index contributed by atoms with van der Waals surface area (Å²) in [6.07, 6.45) is 15.6. The number of ketones is 1. The Morgan fingerprint density at radius 1 is 1.13 bits per heavy atom. The largest absolute Gasteiger partial charge is 0.455 e. The van der Waals surface area contributed by atoms with Crippen LogP contribution in [0.1, 0.15) is 60.8 Å². The van der Waals surface area contributed by atoms with E-state index in [4.69, 9.17) is 9.47 Å². The van der Waals surface area contributed by atoms with Crippen LogP contribution in [-0.4, -0.2) is 51.8 Å². The molecule has 4 aliphatic carbocycles. The first-order valence-electron chi connectivity index (χ1n) is 14.0. The maximum absolute atomic E-state index is 13.1. The van der Waals surface area contributed by atoms with Crippen LogP contribution in [0.15, 0.2) is 59.8 Å². The number of rotatable bonds is 8. The van der Waals surface area contributed by atoms with Gasteiger partial charge in [0.15, 0.2) is 11.4 Å². The molecule has 0 saturated heterocycles. The molecule has 0 aromatic heterocycles. The van der Waals surface area contributed by atoms with E-state index in [2.05, 4.69) is 6.92 Å². The first-order chi connectivity index (χ1) is 18.4. The monoisotopic (exact) mass is 538 g/mol. The van der Waals surface area contributed by atoms with Crippen LogP contribution in [0, 0.1) is 35.0 Å². The van der Waals surface area contributed by atoms with E-state index in [1.165, 1.54) is 13.0 Å². The highest BCUT2D eigenvalue weighted by Crippen LogP contribution is 2.76. The van der Waals surface area contributed by atoms with Crippen LogP contribution in [0.5, 0.6) is 0 Å². The lowest BCUT2D eigenvalue weighted by atomic mass is 9.60. The summed E-state index contributed by atoms with van der Waals surface area (Å²) in [5.74, 6) is -3.74. The maximum atomic E-state index is 13.1. The van der Waals surface area contributed by atoms with Crippen molar-refractivity contribution in [2.24, 2.45) is 35.0 Å². The topological polar surface area (TPSA) is 110 Å². The number of hydrogen-bond acceptors (Lipinski definition) is 7. The van der Waals surface area contributed by atoms with E-state index >= 15 is 0 Å². The van der Waals surface area contributed by atoms with E-state index in [0.717, 1.165) is 12.8 Å². The minimum atomic E-state index is -1.46. The number of hydrogen-bond donors (Lipinski definition) is 2. The highest BCUT2D eigenvalue weighted by Gasteiger charge is 2.87. The molecule has 2 N–H and O–H groups in total. The molecule has 7 heteroatoms. The molecule has 4 aliphatic rings. The number of unbranched alkanes of at least 4 members (excludes halogenated alkanes) is 1. The van der Waals surface area contributed by atoms with E-state index in [0.29, 0.717) is 17.6 Å². The van der Waals surface area contributed by atoms with Gasteiger partial charge in [0.25, 0.3) is 0 Å². The Bertz CT molecular complexity index is 1170. The van der Waals surface area contributed by atoms with Gasteiger partial charge in [-0.15, -0.1) is 0 Å². The molecule has 0 aromatic carbocycles. The van der Waals surface area contributed by atoms with Gasteiger partial charge in [-0.1, -0.05) is 76.6 Å². The molecule has 7 nitrogen and oxygen atoms in total. The van der Waals surface area contributed by atoms with Crippen LogP contribution in [0.25, 0.3) is 0 Å². The zero-order chi connectivity index (χ0) is 28.8. The summed E-state index contributed by atoms with van der Waals surface area (Å²) in [6.45, 7) is 10.7. The molecule has 0 spiro atoms. The average molecular weight is 539 g/mol. The van der Waals surface area contributed by atoms with E-state index in [1.54, 1.807) is 19.1 Å². The third-order valence-corrected chi connectivity index (χ3v) is 9.60. The molecule has 0 bridgehead atoms. The van der Waals surface area contributed by atoms with Gasteiger partial charge in [0.2, 0.25) is 0 Å². The van der Waals surface area contributed by atoms with E-state index < -0.39 is 58.3 Å². The van der Waals surface area contributed by atoms with Crippen molar-refractivity contribution >= 4 is 17.7 Å². The predicted molar refractivity (Wildman–Crippen MR) is 147 cm³/mol. The zero-order valence-corrected chi connectivity index (χ0v) is 23.8. The number of esters is 2. The number of aliphatic hydroxyl groups excluding tert-OH is 1. The maximum Gasteiger partial charge on any atom is 0.331 e. The number of fused-ring (bicyclic) bond motifs is 5. The third kappa shape index (κ3) is 4.57. The second kappa shape index (κ2) is 10.7. The summed E-state index contributed by atoms with van der Waals surface area (Å²) in [7, 11) is 0. The lowest BCUT2D eigenvalue weighted by molar-refractivity contribution is -0.217. The Kier molecular flexibility index (Phi) is 7.99. The zero-order valence-electron chi connectivity index (χ0n) is 23.8. The van der Waals surface area contributed by atoms with Gasteiger partial charge in [0, 0.05) is 48.0 Å². The molecular weight excluding hydrogens is 496 g/mol. The Morgan fingerprint density at radius 3 is 2.46 bits per heavy atom. The van der Waals surface area contributed by atoms with E-state index in [9.17, 15) is 24.6 Å². The SMILES string of the molecule is CCC\C=C/C=C/C=C\C(=O)O[C@@H]1[C@@H](C)[C@@]2(O)[C@H](C=C(CO)C[C@H]3C(=O)C(C)=C[C@H]32)[C@@H]2C(C)(C)[C@]12OC(C)=O. The molecule has 0 unspecified atom stereocenters. The molecule has 0 aliphatic heterocycles. The van der Waals surface area contributed by atoms with Crippen LogP contribution < -0.4 is 0 Å². The van der Waals surface area contributed by atoms with Crippen molar-refractivity contribution in [1.29, 1.82) is 0 Å². The van der Waals surface area contributed by atoms with Crippen LogP contribution in [0.2, 0.25) is 0 Å². The van der Waals surface area contributed by atoms with E-state index in [1.807, 2.05) is 51.2 Å². The van der Waals surface area contributed by atoms with Gasteiger partial charge < -0.3 is 19.7 Å². The highest BCUT2D eigenvalue weighted by molar-refractivity contribution is 6.00. The number of carbonyl (C=O) groups is 3. The number of aliphatic hydroxyl groups is 2. The van der Waals surface area contributed by atoms with Gasteiger partial charge in [0.1, 0.15) is 6.10 Å². The standard InChI is InChI=1S/C32H42O7/c1-7-8-9-10-11-12-13-14-26(35)38-29-20(3)31(37)24-15-19(2)27(36)23(24)16-22(18-33)17-25(31)28-30(5,6)32(28,29)39-21(4)34/h9-15,17,20,23-25,28-29,33,37H,7-8,16,18H2,1-6H3/b10-9-,12-11+,14-13-/t20-,23-,24-,25-,28-,29-,31+,32-/m1/s1. The number of Topliss-reactive ketones (excluding diaryl/α,β-unsaturated/α-hetero) is 1. The summed E-state index contributed by atoms with van der Waals surface area (Å²) in [5, 5.41) is 22.8. The van der Waals surface area contributed by atoms with E-state index in [-0.39, 0.29) is 18.3 Å². The fourth-order valence-corrected chi connectivity index (χ4v) is 7.77. The Morgan fingerprint density at radius 2 is 1.82 bits per heavy atom. The van der Waals surface area contributed by atoms with Gasteiger partial charge in [-0.2, -0.15) is 0 Å². The molecule has 8 atom stereocenters. The van der Waals surface area contributed by atoms with Crippen molar-refractivity contribution in [3.63, 3.8) is 0 Å². The summed E-state index contributed by atoms with van der Waals surface area (Å²) < 4.78 is 12.1. The van der Waals surface area contributed by atoms with Gasteiger partial charge in [0.05, 0.1) is 12.2 Å². The first-order valence-corrected chi connectivity index (χ1v) is 14.0. The number of allylic oxidation sites excluding steroid dienone is 6. The fourth-order valence-electron chi connectivity index (χ4n) is 7.77. The van der Waals surface area contributed by atoms with Crippen molar-refractivity contribution < 1.29 is 34.1 Å². The van der Waals surface area contributed by atoms with Gasteiger partial charge >= 0.3 is 11.9 Å². The molecule has 0 radical (unpaired) electrons. The summed E-state index contributed by atoms with van der Waals surface area (Å²) in [4.78, 5) is 38.6. The molecule has 0 heterocycles. The van der Waals surface area contributed by atoms with Crippen molar-refractivity contribution in [2.45, 2.75) is 78.1 Å². The van der Waals surface area contributed by atoms with Gasteiger partial charge in [-0.25, -0.2) is 4.79 Å². The van der Waals surface area contributed by atoms with Crippen molar-refractivity contribution in [3.8, 4) is 0 Å². The summed E-state index contributed by atoms with van der Waals surface area (Å²) >= 11 is 0. The first kappa shape index (κ1) is 29.2. The molecule has 0 aromatic rings. The van der Waals surface area contributed by atoms with Gasteiger partial charge in [-0.3, -0.25) is 9.59 Å². The minimum Gasteiger partial charge on any atom is -0.455 e. The summed E-state index contributed by atoms with van der Waals surface area (Å²) in [6, 6.07) is 0. The smallest absolute Gasteiger partial charge is 0.331 e. The third-order valence-electron chi connectivity index (χ3n) is 9.60. The lowest BCUT2D eigenvalue weighted by Crippen LogP contribution is -2.63. The lowest BCUT2D eigenvalue weighted by Gasteiger charge is -2.52. The molecule has 2 saturated carbocycles. The second-order valence-electron chi connectivity index (χ2n) is 12.1. The van der Waals surface area contributed by atoms with Crippen molar-refractivity contribution in [3.05, 3.63) is 59.8 Å². The Balaban J connectivity index is 1.75. The Labute approximate surface area is 231 Å². The normalized spacial score (nSPS) is 38.6. The van der Waals surface area contributed by atoms with Crippen LogP contribution >= 0.6 is 0 Å². The molecule has 4 rings (SSSR count). The average Bonchev–Trinajstić information content (AvgIpc) is 3.26. The predicted octanol–water partition coefficient (Wildman–Crippen LogP) is 4.41. The molecule has 0 amide bonds. The summed E-state index contributed by atoms with van der Waals surface area (Å²) in [5.41, 5.74) is -1.98.